The normalized spacial score (nSPS) is 11.6. The fourth-order valence-electron chi connectivity index (χ4n) is 1.92. The van der Waals surface area contributed by atoms with Crippen molar-refractivity contribution in [1.82, 2.24) is 5.16 Å². The molecule has 0 unspecified atom stereocenters. The Balaban J connectivity index is 2.08. The minimum absolute atomic E-state index is 0.128. The molecule has 1 amide bonds. The zero-order valence-electron chi connectivity index (χ0n) is 12.7. The van der Waals surface area contributed by atoms with Crippen molar-refractivity contribution >= 4 is 21.6 Å². The van der Waals surface area contributed by atoms with Crippen LogP contribution in [0.1, 0.15) is 31.1 Å². The summed E-state index contributed by atoms with van der Waals surface area (Å²) in [5, 5.41) is 5.98. The molecule has 0 aliphatic rings. The number of aryl methyl sites for hydroxylation is 1. The molecule has 0 saturated carbocycles. The van der Waals surface area contributed by atoms with E-state index in [1.165, 1.54) is 18.2 Å². The summed E-state index contributed by atoms with van der Waals surface area (Å²) in [7, 11) is -3.69. The largest absolute Gasteiger partial charge is 0.360 e. The number of nitrogens with zero attached hydrogens (tertiary/aromatic N) is 1. The number of aromatic nitrogens is 1. The summed E-state index contributed by atoms with van der Waals surface area (Å²) in [4.78, 5) is 11.9. The fourth-order valence-corrected chi connectivity index (χ4v) is 3.05. The highest BCUT2D eigenvalue weighted by molar-refractivity contribution is 7.92. The third-order valence-electron chi connectivity index (χ3n) is 3.12. The van der Waals surface area contributed by atoms with Crippen LogP contribution in [0.2, 0.25) is 0 Å². The highest BCUT2D eigenvalue weighted by Crippen LogP contribution is 2.18. The van der Waals surface area contributed by atoms with Crippen molar-refractivity contribution in [1.29, 1.82) is 0 Å². The zero-order valence-corrected chi connectivity index (χ0v) is 13.5. The van der Waals surface area contributed by atoms with Gasteiger partial charge in [0.25, 0.3) is 0 Å². The molecule has 1 aromatic carbocycles. The molecule has 0 aliphatic carbocycles. The molecular weight excluding hydrogens is 304 g/mol. The predicted octanol–water partition coefficient (Wildman–Crippen LogP) is 2.52. The molecule has 2 rings (SSSR count). The maximum Gasteiger partial charge on any atom is 0.241 e. The Morgan fingerprint density at radius 2 is 1.91 bits per heavy atom. The van der Waals surface area contributed by atoms with E-state index in [1.807, 2.05) is 13.8 Å². The van der Waals surface area contributed by atoms with Crippen molar-refractivity contribution in [2.75, 3.05) is 11.1 Å². The van der Waals surface area contributed by atoms with E-state index in [4.69, 9.17) is 4.52 Å². The topological polar surface area (TPSA) is 89.3 Å². The van der Waals surface area contributed by atoms with Gasteiger partial charge in [-0.2, -0.15) is 0 Å². The number of sulfone groups is 1. The number of carbonyl (C=O) groups is 1. The van der Waals surface area contributed by atoms with E-state index < -0.39 is 21.5 Å². The number of rotatable bonds is 5. The molecule has 118 valence electrons. The maximum atomic E-state index is 12.2. The minimum atomic E-state index is -3.69. The van der Waals surface area contributed by atoms with E-state index in [-0.39, 0.29) is 10.7 Å². The van der Waals surface area contributed by atoms with Crippen LogP contribution < -0.4 is 5.32 Å². The second-order valence-electron chi connectivity index (χ2n) is 5.35. The first-order valence-electron chi connectivity index (χ1n) is 6.84. The Labute approximate surface area is 129 Å². The Morgan fingerprint density at radius 1 is 1.27 bits per heavy atom. The van der Waals surface area contributed by atoms with Gasteiger partial charge in [-0.05, 0) is 30.5 Å². The van der Waals surface area contributed by atoms with Crippen LogP contribution in [0.4, 0.5) is 5.82 Å². The lowest BCUT2D eigenvalue weighted by molar-refractivity contribution is -0.113. The van der Waals surface area contributed by atoms with Gasteiger partial charge in [-0.25, -0.2) is 8.42 Å². The number of carbonyl (C=O) groups excluding carboxylic acids is 1. The van der Waals surface area contributed by atoms with Gasteiger partial charge in [0.1, 0.15) is 11.5 Å². The van der Waals surface area contributed by atoms with Gasteiger partial charge in [-0.15, -0.1) is 0 Å². The summed E-state index contributed by atoms with van der Waals surface area (Å²) < 4.78 is 29.2. The molecule has 1 N–H and O–H groups in total. The lowest BCUT2D eigenvalue weighted by atomic mass is 10.0. The molecule has 2 aromatic rings. The van der Waals surface area contributed by atoms with Gasteiger partial charge in [-0.3, -0.25) is 4.79 Å². The van der Waals surface area contributed by atoms with E-state index in [0.717, 1.165) is 5.56 Å². The number of nitrogens with one attached hydrogen (secondary N) is 1. The van der Waals surface area contributed by atoms with Crippen LogP contribution in [0.15, 0.2) is 39.8 Å². The molecule has 6 nitrogen and oxygen atoms in total. The molecular formula is C15H18N2O4S. The average molecular weight is 322 g/mol. The molecule has 0 bridgehead atoms. The first-order valence-corrected chi connectivity index (χ1v) is 8.49. The van der Waals surface area contributed by atoms with Crippen LogP contribution in [0, 0.1) is 6.92 Å². The van der Waals surface area contributed by atoms with Crippen LogP contribution in [0.3, 0.4) is 0 Å². The molecule has 0 atom stereocenters. The lowest BCUT2D eigenvalue weighted by Gasteiger charge is -2.08. The number of hydrogen-bond donors (Lipinski definition) is 1. The monoisotopic (exact) mass is 322 g/mol. The average Bonchev–Trinajstić information content (AvgIpc) is 2.83. The summed E-state index contributed by atoms with van der Waals surface area (Å²) in [5.41, 5.74) is 1.04. The van der Waals surface area contributed by atoms with E-state index in [2.05, 4.69) is 10.5 Å². The minimum Gasteiger partial charge on any atom is -0.360 e. The molecule has 0 saturated heterocycles. The number of amides is 1. The Kier molecular flexibility index (Phi) is 4.65. The predicted molar refractivity (Wildman–Crippen MR) is 82.5 cm³/mol. The standard InChI is InChI=1S/C15H18N2O4S/c1-10(2)12-4-6-13(7-5-12)22(19,20)9-15(18)16-14-8-11(3)21-17-14/h4-8,10H,9H2,1-3H3,(H,16,17,18). The second kappa shape index (κ2) is 6.31. The van der Waals surface area contributed by atoms with Gasteiger partial charge < -0.3 is 9.84 Å². The number of hydrogen-bond acceptors (Lipinski definition) is 5. The van der Waals surface area contributed by atoms with Gasteiger partial charge in [0.15, 0.2) is 15.7 Å². The van der Waals surface area contributed by atoms with Crippen LogP contribution in [0.25, 0.3) is 0 Å². The van der Waals surface area contributed by atoms with E-state index >= 15 is 0 Å². The quantitative estimate of drug-likeness (QED) is 0.913. The molecule has 1 heterocycles. The third-order valence-corrected chi connectivity index (χ3v) is 4.76. The third kappa shape index (κ3) is 3.94. The Bertz CT molecular complexity index is 761. The summed E-state index contributed by atoms with van der Waals surface area (Å²) in [6, 6.07) is 8.09. The zero-order chi connectivity index (χ0) is 16.3. The van der Waals surface area contributed by atoms with Crippen molar-refractivity contribution in [3.63, 3.8) is 0 Å². The highest BCUT2D eigenvalue weighted by atomic mass is 32.2. The molecule has 7 heteroatoms. The maximum absolute atomic E-state index is 12.2. The Morgan fingerprint density at radius 3 is 2.41 bits per heavy atom. The van der Waals surface area contributed by atoms with Crippen molar-refractivity contribution in [3.8, 4) is 0 Å². The summed E-state index contributed by atoms with van der Waals surface area (Å²) >= 11 is 0. The molecule has 22 heavy (non-hydrogen) atoms. The summed E-state index contributed by atoms with van der Waals surface area (Å²) in [6.07, 6.45) is 0. The molecule has 0 radical (unpaired) electrons. The Hall–Kier alpha value is -2.15. The first kappa shape index (κ1) is 16.2. The van der Waals surface area contributed by atoms with E-state index in [9.17, 15) is 13.2 Å². The van der Waals surface area contributed by atoms with Gasteiger partial charge >= 0.3 is 0 Å². The van der Waals surface area contributed by atoms with Crippen LogP contribution in [0.5, 0.6) is 0 Å². The van der Waals surface area contributed by atoms with E-state index in [1.54, 1.807) is 19.1 Å². The van der Waals surface area contributed by atoms with Crippen molar-refractivity contribution < 1.29 is 17.7 Å². The van der Waals surface area contributed by atoms with Crippen LogP contribution in [-0.2, 0) is 14.6 Å². The number of anilines is 1. The first-order chi connectivity index (χ1) is 10.3. The van der Waals surface area contributed by atoms with Gasteiger partial charge in [0.05, 0.1) is 4.90 Å². The van der Waals surface area contributed by atoms with Gasteiger partial charge in [-0.1, -0.05) is 31.1 Å². The van der Waals surface area contributed by atoms with Crippen molar-refractivity contribution in [3.05, 3.63) is 41.7 Å². The molecule has 0 spiro atoms. The molecule has 1 aromatic heterocycles. The molecule has 0 fully saturated rings. The summed E-state index contributed by atoms with van der Waals surface area (Å²) in [5.74, 6) is -0.244. The van der Waals surface area contributed by atoms with Crippen LogP contribution in [-0.4, -0.2) is 25.2 Å². The van der Waals surface area contributed by atoms with Crippen molar-refractivity contribution in [2.45, 2.75) is 31.6 Å². The molecule has 0 aliphatic heterocycles. The van der Waals surface area contributed by atoms with Crippen LogP contribution >= 0.6 is 0 Å². The van der Waals surface area contributed by atoms with Crippen molar-refractivity contribution in [2.24, 2.45) is 0 Å². The lowest BCUT2D eigenvalue weighted by Crippen LogP contribution is -2.23. The smallest absolute Gasteiger partial charge is 0.241 e. The number of benzene rings is 1. The van der Waals surface area contributed by atoms with E-state index in [0.29, 0.717) is 11.7 Å². The highest BCUT2D eigenvalue weighted by Gasteiger charge is 2.20. The second-order valence-corrected chi connectivity index (χ2v) is 7.34. The fraction of sp³-hybridized carbons (Fsp3) is 0.333. The van der Waals surface area contributed by atoms with Gasteiger partial charge in [0, 0.05) is 6.07 Å². The SMILES string of the molecule is Cc1cc(NC(=O)CS(=O)(=O)c2ccc(C(C)C)cc2)no1. The summed E-state index contributed by atoms with van der Waals surface area (Å²) in [6.45, 7) is 5.73. The van der Waals surface area contributed by atoms with Gasteiger partial charge in [0.2, 0.25) is 5.91 Å².